The van der Waals surface area contributed by atoms with Crippen LogP contribution in [-0.4, -0.2) is 34.4 Å². The second-order valence-electron chi connectivity index (χ2n) is 7.12. The quantitative estimate of drug-likeness (QED) is 0.657. The molecule has 1 aliphatic rings. The number of nitrogens with one attached hydrogen (secondary N) is 1. The Balaban J connectivity index is 1.60. The first-order valence-electron chi connectivity index (χ1n) is 9.23. The van der Waals surface area contributed by atoms with Crippen molar-refractivity contribution < 1.29 is 31.9 Å². The summed E-state index contributed by atoms with van der Waals surface area (Å²) in [5.41, 5.74) is 1.64. The van der Waals surface area contributed by atoms with Crippen LogP contribution in [0.25, 0.3) is 0 Å². The smallest absolute Gasteiger partial charge is 0.422 e. The van der Waals surface area contributed by atoms with E-state index in [4.69, 9.17) is 0 Å². The van der Waals surface area contributed by atoms with Gasteiger partial charge in [0.15, 0.2) is 12.4 Å². The van der Waals surface area contributed by atoms with Crippen LogP contribution in [0.5, 0.6) is 5.88 Å². The number of halogens is 4. The number of aryl methyl sites for hydroxylation is 1. The van der Waals surface area contributed by atoms with E-state index in [9.17, 15) is 27.2 Å². The number of nitrogens with zero attached hydrogens (tertiary/aromatic N) is 2. The third-order valence-electron chi connectivity index (χ3n) is 4.35. The molecule has 0 unspecified atom stereocenters. The average Bonchev–Trinajstić information content (AvgIpc) is 3.49. The second kappa shape index (κ2) is 8.76. The van der Waals surface area contributed by atoms with E-state index in [0.717, 1.165) is 25.1 Å². The lowest BCUT2D eigenvalue weighted by Crippen LogP contribution is -2.24. The maximum absolute atomic E-state index is 13.9. The van der Waals surface area contributed by atoms with E-state index in [2.05, 4.69) is 20.0 Å². The summed E-state index contributed by atoms with van der Waals surface area (Å²) in [7, 11) is 0. The molecule has 0 atom stereocenters. The minimum Gasteiger partial charge on any atom is -0.466 e. The Kier molecular flexibility index (Phi) is 6.33. The average molecular weight is 425 g/mol. The van der Waals surface area contributed by atoms with Crippen molar-refractivity contribution >= 4 is 11.7 Å². The number of Topliss-reactive ketones (excluding diaryl/α,β-unsaturated/α-hetero) is 1. The summed E-state index contributed by atoms with van der Waals surface area (Å²) in [5, 5.41) is 2.58. The molecule has 0 spiro atoms. The Morgan fingerprint density at radius 1 is 1.23 bits per heavy atom. The third kappa shape index (κ3) is 6.23. The van der Waals surface area contributed by atoms with E-state index in [1.165, 1.54) is 6.07 Å². The van der Waals surface area contributed by atoms with Crippen LogP contribution in [0.1, 0.15) is 40.2 Å². The molecule has 2 aromatic rings. The molecular formula is C20H19F4N3O3. The molecule has 1 aliphatic carbocycles. The molecule has 160 valence electrons. The molecule has 2 aromatic heterocycles. The number of carbonyl (C=O) groups excluding carboxylic acids is 2. The van der Waals surface area contributed by atoms with E-state index in [0.29, 0.717) is 17.0 Å². The van der Waals surface area contributed by atoms with Crippen LogP contribution in [-0.2, 0) is 17.8 Å². The number of hydrogen-bond acceptors (Lipinski definition) is 5. The summed E-state index contributed by atoms with van der Waals surface area (Å²) in [5.74, 6) is -2.09. The molecular weight excluding hydrogens is 406 g/mol. The summed E-state index contributed by atoms with van der Waals surface area (Å²) >= 11 is 0. The van der Waals surface area contributed by atoms with Crippen molar-refractivity contribution in [2.24, 2.45) is 5.92 Å². The maximum Gasteiger partial charge on any atom is 0.422 e. The van der Waals surface area contributed by atoms with Crippen molar-refractivity contribution in [2.75, 3.05) is 6.61 Å². The summed E-state index contributed by atoms with van der Waals surface area (Å²) in [6.45, 7) is -0.0408. The molecule has 2 heterocycles. The Bertz CT molecular complexity index is 959. The summed E-state index contributed by atoms with van der Waals surface area (Å²) in [6.07, 6.45) is -1.54. The van der Waals surface area contributed by atoms with Crippen molar-refractivity contribution in [3.63, 3.8) is 0 Å². The van der Waals surface area contributed by atoms with E-state index in [1.54, 1.807) is 13.0 Å². The molecule has 1 saturated carbocycles. The first kappa shape index (κ1) is 21.7. The van der Waals surface area contributed by atoms with Crippen LogP contribution < -0.4 is 10.1 Å². The Labute approximate surface area is 169 Å². The SMILES string of the molecule is Cc1cc(C(=O)NCc2cnc(OCC(F)(F)F)c(F)c2)cc(CC(=O)C2CC2)n1. The van der Waals surface area contributed by atoms with Crippen molar-refractivity contribution in [1.82, 2.24) is 15.3 Å². The molecule has 1 amide bonds. The van der Waals surface area contributed by atoms with Gasteiger partial charge in [0.1, 0.15) is 5.78 Å². The highest BCUT2D eigenvalue weighted by atomic mass is 19.4. The van der Waals surface area contributed by atoms with Crippen molar-refractivity contribution in [2.45, 2.75) is 38.9 Å². The van der Waals surface area contributed by atoms with Gasteiger partial charge in [0.25, 0.3) is 11.8 Å². The number of carbonyl (C=O) groups is 2. The molecule has 1 fully saturated rings. The van der Waals surface area contributed by atoms with Gasteiger partial charge in [-0.1, -0.05) is 0 Å². The Morgan fingerprint density at radius 2 is 1.97 bits per heavy atom. The predicted octanol–water partition coefficient (Wildman–Crippen LogP) is 3.32. The zero-order valence-corrected chi connectivity index (χ0v) is 16.1. The highest BCUT2D eigenvalue weighted by molar-refractivity contribution is 5.94. The van der Waals surface area contributed by atoms with Gasteiger partial charge in [-0.3, -0.25) is 14.6 Å². The molecule has 0 aliphatic heterocycles. The number of alkyl halides is 3. The first-order valence-corrected chi connectivity index (χ1v) is 9.23. The molecule has 10 heteroatoms. The number of ketones is 1. The second-order valence-corrected chi connectivity index (χ2v) is 7.12. The van der Waals surface area contributed by atoms with Crippen molar-refractivity contribution in [3.05, 3.63) is 52.7 Å². The van der Waals surface area contributed by atoms with Crippen LogP contribution in [0.15, 0.2) is 24.4 Å². The van der Waals surface area contributed by atoms with Gasteiger partial charge < -0.3 is 10.1 Å². The summed E-state index contributed by atoms with van der Waals surface area (Å²) in [6, 6.07) is 4.04. The van der Waals surface area contributed by atoms with E-state index in [1.807, 2.05) is 0 Å². The van der Waals surface area contributed by atoms with Crippen LogP contribution in [0.2, 0.25) is 0 Å². The lowest BCUT2D eigenvalue weighted by Gasteiger charge is -2.11. The summed E-state index contributed by atoms with van der Waals surface area (Å²) in [4.78, 5) is 32.2. The van der Waals surface area contributed by atoms with Gasteiger partial charge in [-0.2, -0.15) is 13.2 Å². The molecule has 1 N–H and O–H groups in total. The van der Waals surface area contributed by atoms with Gasteiger partial charge in [-0.25, -0.2) is 9.37 Å². The molecule has 3 rings (SSSR count). The Morgan fingerprint density at radius 3 is 2.60 bits per heavy atom. The fourth-order valence-corrected chi connectivity index (χ4v) is 2.79. The fraction of sp³-hybridized carbons (Fsp3) is 0.400. The molecule has 30 heavy (non-hydrogen) atoms. The van der Waals surface area contributed by atoms with Gasteiger partial charge in [0, 0.05) is 42.0 Å². The number of amides is 1. The molecule has 0 aromatic carbocycles. The van der Waals surface area contributed by atoms with Crippen molar-refractivity contribution in [3.8, 4) is 5.88 Å². The van der Waals surface area contributed by atoms with Crippen molar-refractivity contribution in [1.29, 1.82) is 0 Å². The van der Waals surface area contributed by atoms with Gasteiger partial charge in [-0.05, 0) is 43.5 Å². The first-order chi connectivity index (χ1) is 14.1. The van der Waals surface area contributed by atoms with Crippen LogP contribution in [0.3, 0.4) is 0 Å². The largest absolute Gasteiger partial charge is 0.466 e. The maximum atomic E-state index is 13.9. The molecule has 0 bridgehead atoms. The zero-order valence-electron chi connectivity index (χ0n) is 16.1. The van der Waals surface area contributed by atoms with E-state index < -0.39 is 30.4 Å². The standard InChI is InChI=1S/C20H19F4N3O3/c1-11-4-14(6-15(27-11)7-17(28)13-2-3-13)18(29)25-8-12-5-16(21)19(26-9-12)30-10-20(22,23)24/h4-6,9,13H,2-3,7-8,10H2,1H3,(H,25,29). The van der Waals surface area contributed by atoms with Gasteiger partial charge in [-0.15, -0.1) is 0 Å². The topological polar surface area (TPSA) is 81.2 Å². The molecule has 0 saturated heterocycles. The highest BCUT2D eigenvalue weighted by Crippen LogP contribution is 2.30. The van der Waals surface area contributed by atoms with Gasteiger partial charge in [0.05, 0.1) is 0 Å². The fourth-order valence-electron chi connectivity index (χ4n) is 2.79. The minimum absolute atomic E-state index is 0.0927. The molecule has 0 radical (unpaired) electrons. The highest BCUT2D eigenvalue weighted by Gasteiger charge is 2.30. The number of aromatic nitrogens is 2. The van der Waals surface area contributed by atoms with Crippen LogP contribution >= 0.6 is 0 Å². The number of hydrogen-bond donors (Lipinski definition) is 1. The van der Waals surface area contributed by atoms with Crippen LogP contribution in [0, 0.1) is 18.7 Å². The minimum atomic E-state index is -4.61. The van der Waals surface area contributed by atoms with Gasteiger partial charge in [0.2, 0.25) is 0 Å². The number of rotatable bonds is 8. The normalized spacial score (nSPS) is 13.8. The zero-order chi connectivity index (χ0) is 21.9. The Hall–Kier alpha value is -3.04. The van der Waals surface area contributed by atoms with E-state index in [-0.39, 0.29) is 30.2 Å². The number of ether oxygens (including phenoxy) is 1. The predicted molar refractivity (Wildman–Crippen MR) is 97.3 cm³/mol. The van der Waals surface area contributed by atoms with E-state index >= 15 is 0 Å². The third-order valence-corrected chi connectivity index (χ3v) is 4.35. The monoisotopic (exact) mass is 425 g/mol. The number of pyridine rings is 2. The lowest BCUT2D eigenvalue weighted by atomic mass is 10.1. The van der Waals surface area contributed by atoms with Crippen LogP contribution in [0.4, 0.5) is 17.6 Å². The van der Waals surface area contributed by atoms with Gasteiger partial charge >= 0.3 is 6.18 Å². The molecule has 6 nitrogen and oxygen atoms in total. The lowest BCUT2D eigenvalue weighted by molar-refractivity contribution is -0.154. The summed E-state index contributed by atoms with van der Waals surface area (Å²) < 4.78 is 54.6.